The summed E-state index contributed by atoms with van der Waals surface area (Å²) in [7, 11) is 0. The van der Waals surface area contributed by atoms with Crippen molar-refractivity contribution in [1.82, 2.24) is 10.2 Å². The Morgan fingerprint density at radius 2 is 1.80 bits per heavy atom. The monoisotopic (exact) mass is 365 g/mol. The van der Waals surface area contributed by atoms with E-state index in [2.05, 4.69) is 5.32 Å². The van der Waals surface area contributed by atoms with Gasteiger partial charge in [0.25, 0.3) is 0 Å². The smallest absolute Gasteiger partial charge is 0.234 e. The predicted molar refractivity (Wildman–Crippen MR) is 101 cm³/mol. The topological polar surface area (TPSA) is 58.4 Å². The molecule has 0 saturated carbocycles. The minimum absolute atomic E-state index is 0. The van der Waals surface area contributed by atoms with Crippen LogP contribution >= 0.6 is 12.4 Å². The third-order valence-corrected chi connectivity index (χ3v) is 3.81. The molecule has 136 valence electrons. The minimum atomic E-state index is -0.283. The molecule has 0 aromatic heterocycles. The average Bonchev–Trinajstić information content (AvgIpc) is 2.56. The van der Waals surface area contributed by atoms with Gasteiger partial charge in [-0.1, -0.05) is 42.5 Å². The van der Waals surface area contributed by atoms with Crippen LogP contribution in [0.2, 0.25) is 0 Å². The summed E-state index contributed by atoms with van der Waals surface area (Å²) in [4.78, 5) is 14.3. The zero-order chi connectivity index (χ0) is 17.4. The molecular weight excluding hydrogens is 341 g/mol. The van der Waals surface area contributed by atoms with E-state index in [0.29, 0.717) is 19.6 Å². The number of nitrogens with zero attached hydrogens (tertiary/aromatic N) is 1. The molecule has 0 saturated heterocycles. The molecule has 2 aromatic carbocycles. The van der Waals surface area contributed by atoms with Crippen LogP contribution < -0.4 is 11.1 Å². The lowest BCUT2D eigenvalue weighted by Crippen LogP contribution is -2.40. The fourth-order valence-electron chi connectivity index (χ4n) is 2.56. The SMILES string of the molecule is CC(NC(=O)CN(CCN)Cc1ccccc1)c1ccc(F)cc1.Cl. The Morgan fingerprint density at radius 1 is 1.16 bits per heavy atom. The average molecular weight is 366 g/mol. The van der Waals surface area contributed by atoms with E-state index in [4.69, 9.17) is 5.73 Å². The quantitative estimate of drug-likeness (QED) is 0.756. The Kier molecular flexibility index (Phi) is 9.13. The number of nitrogens with one attached hydrogen (secondary N) is 1. The highest BCUT2D eigenvalue weighted by Crippen LogP contribution is 2.13. The highest BCUT2D eigenvalue weighted by atomic mass is 35.5. The molecule has 0 heterocycles. The molecule has 0 radical (unpaired) electrons. The van der Waals surface area contributed by atoms with Gasteiger partial charge < -0.3 is 11.1 Å². The number of benzene rings is 2. The van der Waals surface area contributed by atoms with Gasteiger partial charge in [-0.05, 0) is 30.2 Å². The molecule has 4 nitrogen and oxygen atoms in total. The van der Waals surface area contributed by atoms with Gasteiger partial charge in [-0.3, -0.25) is 9.69 Å². The van der Waals surface area contributed by atoms with Crippen LogP contribution in [-0.4, -0.2) is 30.4 Å². The Hall–Kier alpha value is -1.95. The Bertz CT molecular complexity index is 637. The third-order valence-electron chi connectivity index (χ3n) is 3.81. The van der Waals surface area contributed by atoms with Gasteiger partial charge in [-0.2, -0.15) is 0 Å². The van der Waals surface area contributed by atoms with Gasteiger partial charge >= 0.3 is 0 Å². The van der Waals surface area contributed by atoms with E-state index in [9.17, 15) is 9.18 Å². The van der Waals surface area contributed by atoms with E-state index in [1.807, 2.05) is 42.2 Å². The minimum Gasteiger partial charge on any atom is -0.348 e. The van der Waals surface area contributed by atoms with E-state index in [-0.39, 0.29) is 36.7 Å². The molecule has 1 unspecified atom stereocenters. The normalized spacial score (nSPS) is 11.7. The van der Waals surface area contributed by atoms with E-state index >= 15 is 0 Å². The summed E-state index contributed by atoms with van der Waals surface area (Å²) in [5.41, 5.74) is 7.67. The van der Waals surface area contributed by atoms with E-state index in [0.717, 1.165) is 11.1 Å². The lowest BCUT2D eigenvalue weighted by molar-refractivity contribution is -0.123. The van der Waals surface area contributed by atoms with Crippen molar-refractivity contribution >= 4 is 18.3 Å². The summed E-state index contributed by atoms with van der Waals surface area (Å²) in [6.45, 7) is 3.98. The van der Waals surface area contributed by atoms with Gasteiger partial charge in [-0.25, -0.2) is 4.39 Å². The molecule has 2 rings (SSSR count). The first-order chi connectivity index (χ1) is 11.6. The molecule has 2 aromatic rings. The second kappa shape index (κ2) is 10.8. The standard InChI is InChI=1S/C19H24FN3O.ClH/c1-15(17-7-9-18(20)10-8-17)22-19(24)14-23(12-11-21)13-16-5-3-2-4-6-16;/h2-10,15H,11-14,21H2,1H3,(H,22,24);1H. The van der Waals surface area contributed by atoms with Crippen LogP contribution in [0.15, 0.2) is 54.6 Å². The van der Waals surface area contributed by atoms with E-state index < -0.39 is 0 Å². The summed E-state index contributed by atoms with van der Waals surface area (Å²) in [5.74, 6) is -0.356. The molecule has 25 heavy (non-hydrogen) atoms. The summed E-state index contributed by atoms with van der Waals surface area (Å²) in [6, 6.07) is 16.0. The second-order valence-corrected chi connectivity index (χ2v) is 5.83. The number of nitrogens with two attached hydrogens (primary N) is 1. The number of halogens is 2. The molecule has 0 aliphatic carbocycles. The molecule has 1 atom stereocenters. The van der Waals surface area contributed by atoms with Crippen LogP contribution in [0, 0.1) is 5.82 Å². The number of carbonyl (C=O) groups is 1. The number of rotatable bonds is 8. The molecule has 0 spiro atoms. The first-order valence-corrected chi connectivity index (χ1v) is 8.09. The zero-order valence-corrected chi connectivity index (χ0v) is 15.1. The lowest BCUT2D eigenvalue weighted by atomic mass is 10.1. The largest absolute Gasteiger partial charge is 0.348 e. The van der Waals surface area contributed by atoms with Gasteiger partial charge in [0.1, 0.15) is 5.82 Å². The van der Waals surface area contributed by atoms with Crippen molar-refractivity contribution in [3.8, 4) is 0 Å². The second-order valence-electron chi connectivity index (χ2n) is 5.83. The fraction of sp³-hybridized carbons (Fsp3) is 0.316. The molecular formula is C19H25ClFN3O. The third kappa shape index (κ3) is 7.22. The van der Waals surface area contributed by atoms with Crippen molar-refractivity contribution in [3.63, 3.8) is 0 Å². The van der Waals surface area contributed by atoms with Crippen LogP contribution in [0.25, 0.3) is 0 Å². The Balaban J connectivity index is 0.00000312. The first-order valence-electron chi connectivity index (χ1n) is 8.09. The molecule has 1 amide bonds. The lowest BCUT2D eigenvalue weighted by Gasteiger charge is -2.22. The van der Waals surface area contributed by atoms with Crippen LogP contribution in [0.3, 0.4) is 0 Å². The van der Waals surface area contributed by atoms with Gasteiger partial charge in [0.05, 0.1) is 12.6 Å². The summed E-state index contributed by atoms with van der Waals surface area (Å²) >= 11 is 0. The fourth-order valence-corrected chi connectivity index (χ4v) is 2.56. The van der Waals surface area contributed by atoms with Crippen LogP contribution in [0.4, 0.5) is 4.39 Å². The molecule has 0 fully saturated rings. The molecule has 3 N–H and O–H groups in total. The van der Waals surface area contributed by atoms with Crippen molar-refractivity contribution in [2.24, 2.45) is 5.73 Å². The summed E-state index contributed by atoms with van der Waals surface area (Å²) < 4.78 is 13.0. The van der Waals surface area contributed by atoms with Crippen LogP contribution in [0.5, 0.6) is 0 Å². The van der Waals surface area contributed by atoms with E-state index in [1.165, 1.54) is 12.1 Å². The molecule has 0 bridgehead atoms. The number of hydrogen-bond donors (Lipinski definition) is 2. The summed E-state index contributed by atoms with van der Waals surface area (Å²) in [5, 5.41) is 2.95. The van der Waals surface area contributed by atoms with Crippen LogP contribution in [-0.2, 0) is 11.3 Å². The zero-order valence-electron chi connectivity index (χ0n) is 14.3. The number of amides is 1. The van der Waals surface area contributed by atoms with Gasteiger partial charge in [-0.15, -0.1) is 12.4 Å². The highest BCUT2D eigenvalue weighted by Gasteiger charge is 2.14. The van der Waals surface area contributed by atoms with Gasteiger partial charge in [0.15, 0.2) is 0 Å². The maximum absolute atomic E-state index is 13.0. The van der Waals surface area contributed by atoms with Crippen molar-refractivity contribution in [3.05, 3.63) is 71.5 Å². The number of carbonyl (C=O) groups excluding carboxylic acids is 1. The maximum atomic E-state index is 13.0. The Labute approximate surface area is 154 Å². The van der Waals surface area contributed by atoms with Gasteiger partial charge in [0.2, 0.25) is 5.91 Å². The summed E-state index contributed by atoms with van der Waals surface area (Å²) in [6.07, 6.45) is 0. The molecule has 0 aliphatic heterocycles. The molecule has 6 heteroatoms. The van der Waals surface area contributed by atoms with E-state index in [1.54, 1.807) is 12.1 Å². The van der Waals surface area contributed by atoms with Gasteiger partial charge in [0, 0.05) is 19.6 Å². The van der Waals surface area contributed by atoms with Crippen molar-refractivity contribution in [1.29, 1.82) is 0 Å². The number of hydrogen-bond acceptors (Lipinski definition) is 3. The maximum Gasteiger partial charge on any atom is 0.234 e. The van der Waals surface area contributed by atoms with Crippen molar-refractivity contribution < 1.29 is 9.18 Å². The van der Waals surface area contributed by atoms with Crippen LogP contribution in [0.1, 0.15) is 24.1 Å². The molecule has 0 aliphatic rings. The highest BCUT2D eigenvalue weighted by molar-refractivity contribution is 5.85. The first kappa shape index (κ1) is 21.1. The Morgan fingerprint density at radius 3 is 2.40 bits per heavy atom. The van der Waals surface area contributed by atoms with Crippen molar-refractivity contribution in [2.45, 2.75) is 19.5 Å². The predicted octanol–water partition coefficient (Wildman–Crippen LogP) is 2.89. The van der Waals surface area contributed by atoms with Crippen molar-refractivity contribution in [2.75, 3.05) is 19.6 Å².